The molecule has 0 saturated carbocycles. The molecule has 0 amide bonds. The van der Waals surface area contributed by atoms with Gasteiger partial charge >= 0.3 is 11.9 Å². The molecule has 4 rings (SSSR count). The van der Waals surface area contributed by atoms with Crippen molar-refractivity contribution in [2.24, 2.45) is 0 Å². The molecule has 0 saturated heterocycles. The zero-order valence-corrected chi connectivity index (χ0v) is 21.0. The van der Waals surface area contributed by atoms with Gasteiger partial charge < -0.3 is 19.3 Å². The summed E-state index contributed by atoms with van der Waals surface area (Å²) in [4.78, 5) is 27.1. The van der Waals surface area contributed by atoms with E-state index < -0.39 is 11.9 Å². The molecule has 7 heteroatoms. The number of carbonyl (C=O) groups is 2. The summed E-state index contributed by atoms with van der Waals surface area (Å²) in [6.45, 7) is 0.954. The Labute approximate surface area is 221 Å². The molecule has 194 valence electrons. The number of likely N-dealkylation sites (N-methyl/N-ethyl adjacent to an activating group) is 1. The normalized spacial score (nSPS) is 10.9. The number of hydrogen-bond acceptors (Lipinski definition) is 7. The predicted octanol–water partition coefficient (Wildman–Crippen LogP) is 5.46. The molecule has 0 bridgehead atoms. The second-order valence-corrected chi connectivity index (χ2v) is 8.62. The van der Waals surface area contributed by atoms with Crippen molar-refractivity contribution in [3.63, 3.8) is 0 Å². The second-order valence-electron chi connectivity index (χ2n) is 8.62. The fourth-order valence-corrected chi connectivity index (χ4v) is 3.80. The van der Waals surface area contributed by atoms with Crippen LogP contribution in [0.5, 0.6) is 11.5 Å². The lowest BCUT2D eigenvalue weighted by Crippen LogP contribution is -2.28. The molecule has 0 atom stereocenters. The number of ether oxygens (including phenoxy) is 3. The van der Waals surface area contributed by atoms with Crippen molar-refractivity contribution in [2.75, 3.05) is 26.9 Å². The fraction of sp³-hybridized carbons (Fsp3) is 0.161. The van der Waals surface area contributed by atoms with E-state index in [0.29, 0.717) is 13.2 Å². The first kappa shape index (κ1) is 26.6. The lowest BCUT2D eigenvalue weighted by molar-refractivity contribution is 0.0128. The van der Waals surface area contributed by atoms with Crippen LogP contribution in [0.3, 0.4) is 0 Å². The molecule has 0 aromatic heterocycles. The molecule has 4 aromatic rings. The minimum absolute atomic E-state index is 0.000265. The highest BCUT2D eigenvalue weighted by atomic mass is 16.6. The topological polar surface area (TPSA) is 85.3 Å². The summed E-state index contributed by atoms with van der Waals surface area (Å²) in [6.07, 6.45) is -0.209. The van der Waals surface area contributed by atoms with Crippen LogP contribution in [0.4, 0.5) is 0 Å². The second kappa shape index (κ2) is 13.2. The van der Waals surface area contributed by atoms with Gasteiger partial charge in [0.1, 0.15) is 35.5 Å². The van der Waals surface area contributed by atoms with Gasteiger partial charge in [-0.2, -0.15) is 0 Å². The minimum atomic E-state index is -0.774. The van der Waals surface area contributed by atoms with Crippen LogP contribution in [0.15, 0.2) is 109 Å². The zero-order chi connectivity index (χ0) is 26.7. The van der Waals surface area contributed by atoms with Crippen LogP contribution in [-0.2, 0) is 9.47 Å². The van der Waals surface area contributed by atoms with Crippen molar-refractivity contribution in [2.45, 2.75) is 6.10 Å². The SMILES string of the molecule is CN(CCOC(c1ccccc1)c1ccccc1)COC(=O)c1ccccc1OC(=O)c1ccccc1O. The zero-order valence-electron chi connectivity index (χ0n) is 21.0. The van der Waals surface area contributed by atoms with Crippen molar-refractivity contribution in [1.82, 2.24) is 4.90 Å². The number of phenolic OH excluding ortho intramolecular Hbond substituents is 1. The van der Waals surface area contributed by atoms with Gasteiger partial charge in [-0.15, -0.1) is 0 Å². The number of phenols is 1. The number of esters is 2. The van der Waals surface area contributed by atoms with Crippen molar-refractivity contribution in [1.29, 1.82) is 0 Å². The van der Waals surface area contributed by atoms with Crippen molar-refractivity contribution < 1.29 is 28.9 Å². The maximum atomic E-state index is 12.8. The van der Waals surface area contributed by atoms with Gasteiger partial charge in [-0.25, -0.2) is 9.59 Å². The third kappa shape index (κ3) is 7.06. The number of hydrogen-bond donors (Lipinski definition) is 1. The first-order valence-electron chi connectivity index (χ1n) is 12.2. The molecule has 7 nitrogen and oxygen atoms in total. The lowest BCUT2D eigenvalue weighted by Gasteiger charge is -2.22. The Kier molecular flexibility index (Phi) is 9.23. The summed E-state index contributed by atoms with van der Waals surface area (Å²) in [6, 6.07) is 32.4. The van der Waals surface area contributed by atoms with Gasteiger partial charge in [0.25, 0.3) is 0 Å². The molecule has 0 fully saturated rings. The summed E-state index contributed by atoms with van der Waals surface area (Å²) >= 11 is 0. The third-order valence-electron chi connectivity index (χ3n) is 5.81. The highest BCUT2D eigenvalue weighted by molar-refractivity contribution is 5.97. The van der Waals surface area contributed by atoms with Gasteiger partial charge in [-0.3, -0.25) is 4.90 Å². The van der Waals surface area contributed by atoms with E-state index in [1.165, 1.54) is 24.3 Å². The Morgan fingerprint density at radius 3 is 1.92 bits per heavy atom. The first-order valence-corrected chi connectivity index (χ1v) is 12.2. The number of carbonyl (C=O) groups excluding carboxylic acids is 2. The number of para-hydroxylation sites is 2. The number of aromatic hydroxyl groups is 1. The molecule has 0 unspecified atom stereocenters. The highest BCUT2D eigenvalue weighted by Crippen LogP contribution is 2.26. The van der Waals surface area contributed by atoms with Gasteiger partial charge in [0.2, 0.25) is 0 Å². The van der Waals surface area contributed by atoms with Crippen molar-refractivity contribution >= 4 is 11.9 Å². The number of nitrogens with zero attached hydrogens (tertiary/aromatic N) is 1. The molecule has 1 N–H and O–H groups in total. The van der Waals surface area contributed by atoms with E-state index in [1.54, 1.807) is 24.3 Å². The summed E-state index contributed by atoms with van der Waals surface area (Å²) in [7, 11) is 1.82. The molecule has 0 aliphatic heterocycles. The van der Waals surface area contributed by atoms with Crippen LogP contribution < -0.4 is 4.74 Å². The Bertz CT molecular complexity index is 1300. The minimum Gasteiger partial charge on any atom is -0.507 e. The average molecular weight is 512 g/mol. The predicted molar refractivity (Wildman–Crippen MR) is 143 cm³/mol. The van der Waals surface area contributed by atoms with Gasteiger partial charge in [0, 0.05) is 6.54 Å². The maximum Gasteiger partial charge on any atom is 0.347 e. The molecule has 0 heterocycles. The number of rotatable bonds is 11. The van der Waals surface area contributed by atoms with Crippen molar-refractivity contribution in [3.8, 4) is 11.5 Å². The van der Waals surface area contributed by atoms with E-state index >= 15 is 0 Å². The standard InChI is InChI=1S/C31H29NO6/c1-32(20-21-36-29(23-12-4-2-5-13-23)24-14-6-3-7-15-24)22-37-30(34)26-17-9-11-19-28(26)38-31(35)25-16-8-10-18-27(25)33/h2-19,29,33H,20-22H2,1H3. The number of benzene rings is 4. The van der Waals surface area contributed by atoms with Crippen LogP contribution in [0, 0.1) is 0 Å². The molecule has 38 heavy (non-hydrogen) atoms. The Morgan fingerprint density at radius 1 is 0.737 bits per heavy atom. The van der Waals surface area contributed by atoms with Crippen LogP contribution >= 0.6 is 0 Å². The van der Waals surface area contributed by atoms with E-state index in [2.05, 4.69) is 0 Å². The van der Waals surface area contributed by atoms with Crippen LogP contribution in [0.1, 0.15) is 37.9 Å². The molecular weight excluding hydrogens is 482 g/mol. The van der Waals surface area contributed by atoms with E-state index in [9.17, 15) is 14.7 Å². The van der Waals surface area contributed by atoms with Crippen LogP contribution in [0.2, 0.25) is 0 Å². The molecule has 0 aliphatic rings. The van der Waals surface area contributed by atoms with E-state index in [0.717, 1.165) is 11.1 Å². The smallest absolute Gasteiger partial charge is 0.347 e. The molecule has 0 radical (unpaired) electrons. The quantitative estimate of drug-likeness (QED) is 0.163. The molecule has 4 aromatic carbocycles. The summed E-state index contributed by atoms with van der Waals surface area (Å²) in [5.74, 6) is -1.57. The van der Waals surface area contributed by atoms with E-state index in [4.69, 9.17) is 14.2 Å². The Balaban J connectivity index is 1.31. The highest BCUT2D eigenvalue weighted by Gasteiger charge is 2.20. The van der Waals surface area contributed by atoms with Crippen molar-refractivity contribution in [3.05, 3.63) is 131 Å². The van der Waals surface area contributed by atoms with Gasteiger partial charge in [-0.1, -0.05) is 84.9 Å². The van der Waals surface area contributed by atoms with Crippen LogP contribution in [0.25, 0.3) is 0 Å². The molecule has 0 spiro atoms. The summed E-state index contributed by atoms with van der Waals surface area (Å²) < 4.78 is 17.1. The van der Waals surface area contributed by atoms with Crippen LogP contribution in [-0.4, -0.2) is 48.9 Å². The monoisotopic (exact) mass is 511 g/mol. The van der Waals surface area contributed by atoms with E-state index in [-0.39, 0.29) is 35.5 Å². The third-order valence-corrected chi connectivity index (χ3v) is 5.81. The molecule has 0 aliphatic carbocycles. The maximum absolute atomic E-state index is 12.8. The van der Waals surface area contributed by atoms with Gasteiger partial charge in [0.05, 0.1) is 6.61 Å². The Hall–Kier alpha value is -4.46. The fourth-order valence-electron chi connectivity index (χ4n) is 3.80. The van der Waals surface area contributed by atoms with Gasteiger partial charge in [-0.05, 0) is 42.4 Å². The lowest BCUT2D eigenvalue weighted by atomic mass is 10.0. The first-order chi connectivity index (χ1) is 18.5. The molecular formula is C31H29NO6. The van der Waals surface area contributed by atoms with E-state index in [1.807, 2.05) is 72.6 Å². The largest absolute Gasteiger partial charge is 0.507 e. The van der Waals surface area contributed by atoms with Gasteiger partial charge in [0.15, 0.2) is 0 Å². The Morgan fingerprint density at radius 2 is 1.29 bits per heavy atom. The summed E-state index contributed by atoms with van der Waals surface area (Å²) in [5.41, 5.74) is 2.22. The average Bonchev–Trinajstić information content (AvgIpc) is 2.95. The summed E-state index contributed by atoms with van der Waals surface area (Å²) in [5, 5.41) is 9.91.